The Hall–Kier alpha value is -1.66. The first-order valence-electron chi connectivity index (χ1n) is 5.67. The average Bonchev–Trinajstić information content (AvgIpc) is 2.41. The summed E-state index contributed by atoms with van der Waals surface area (Å²) in [5.41, 5.74) is -0.00257. The molecule has 110 valence electrons. The first kappa shape index (κ1) is 15.7. The Bertz CT molecular complexity index is 707. The van der Waals surface area contributed by atoms with Crippen LogP contribution in [0.4, 0.5) is 8.78 Å². The highest BCUT2D eigenvalue weighted by atomic mass is 79.9. The molecule has 0 aliphatic carbocycles. The molecule has 2 rings (SSSR count). The first-order chi connectivity index (χ1) is 9.88. The highest BCUT2D eigenvalue weighted by Crippen LogP contribution is 2.31. The summed E-state index contributed by atoms with van der Waals surface area (Å²) in [5, 5.41) is 8.68. The van der Waals surface area contributed by atoms with Gasteiger partial charge in [-0.3, -0.25) is 0 Å². The molecule has 0 unspecified atom stereocenters. The highest BCUT2D eigenvalue weighted by Gasteiger charge is 2.12. The van der Waals surface area contributed by atoms with Crippen molar-refractivity contribution in [1.29, 1.82) is 0 Å². The number of carboxylic acids is 1. The molecule has 2 aromatic rings. The molecule has 3 nitrogen and oxygen atoms in total. The van der Waals surface area contributed by atoms with E-state index in [0.29, 0.717) is 10.0 Å². The smallest absolute Gasteiger partial charge is 0.338 e. The van der Waals surface area contributed by atoms with E-state index in [9.17, 15) is 13.6 Å². The molecule has 0 saturated carbocycles. The van der Waals surface area contributed by atoms with Gasteiger partial charge < -0.3 is 9.84 Å². The summed E-state index contributed by atoms with van der Waals surface area (Å²) in [6, 6.07) is 6.08. The largest absolute Gasteiger partial charge is 0.488 e. The van der Waals surface area contributed by atoms with Gasteiger partial charge in [-0.2, -0.15) is 0 Å². The van der Waals surface area contributed by atoms with Gasteiger partial charge in [0.25, 0.3) is 0 Å². The zero-order valence-electron chi connectivity index (χ0n) is 10.4. The second-order valence-electron chi connectivity index (χ2n) is 4.10. The SMILES string of the molecule is O=C(O)c1ccc(COc2cc(F)c(Cl)cc2Br)cc1F. The van der Waals surface area contributed by atoms with Crippen molar-refractivity contribution in [3.05, 3.63) is 62.6 Å². The van der Waals surface area contributed by atoms with Crippen molar-refractivity contribution in [2.24, 2.45) is 0 Å². The normalized spacial score (nSPS) is 10.5. The van der Waals surface area contributed by atoms with Crippen LogP contribution in [0.3, 0.4) is 0 Å². The van der Waals surface area contributed by atoms with E-state index in [1.54, 1.807) is 0 Å². The van der Waals surface area contributed by atoms with Crippen LogP contribution >= 0.6 is 27.5 Å². The van der Waals surface area contributed by atoms with E-state index in [1.165, 1.54) is 12.1 Å². The predicted molar refractivity (Wildman–Crippen MR) is 76.8 cm³/mol. The van der Waals surface area contributed by atoms with Crippen LogP contribution in [0, 0.1) is 11.6 Å². The Labute approximate surface area is 132 Å². The number of rotatable bonds is 4. The fourth-order valence-electron chi connectivity index (χ4n) is 1.60. The summed E-state index contributed by atoms with van der Waals surface area (Å²) in [4.78, 5) is 10.7. The fourth-order valence-corrected chi connectivity index (χ4v) is 2.35. The van der Waals surface area contributed by atoms with Crippen LogP contribution < -0.4 is 4.74 Å². The summed E-state index contributed by atoms with van der Waals surface area (Å²) in [6.45, 7) is -0.0451. The van der Waals surface area contributed by atoms with E-state index in [-0.39, 0.29) is 17.4 Å². The molecule has 0 amide bonds. The third-order valence-corrected chi connectivity index (χ3v) is 3.54. The molecule has 2 aromatic carbocycles. The highest BCUT2D eigenvalue weighted by molar-refractivity contribution is 9.10. The van der Waals surface area contributed by atoms with Gasteiger partial charge in [0.15, 0.2) is 0 Å². The van der Waals surface area contributed by atoms with Crippen LogP contribution in [0.1, 0.15) is 15.9 Å². The van der Waals surface area contributed by atoms with Crippen LogP contribution in [-0.2, 0) is 6.61 Å². The van der Waals surface area contributed by atoms with Gasteiger partial charge >= 0.3 is 5.97 Å². The monoisotopic (exact) mass is 376 g/mol. The van der Waals surface area contributed by atoms with Crippen molar-refractivity contribution in [2.75, 3.05) is 0 Å². The van der Waals surface area contributed by atoms with Crippen molar-refractivity contribution in [1.82, 2.24) is 0 Å². The van der Waals surface area contributed by atoms with Crippen molar-refractivity contribution in [3.8, 4) is 5.75 Å². The molecule has 0 saturated heterocycles. The third-order valence-electron chi connectivity index (χ3n) is 2.63. The lowest BCUT2D eigenvalue weighted by molar-refractivity contribution is 0.0692. The third kappa shape index (κ3) is 3.71. The Morgan fingerprint density at radius 3 is 2.57 bits per heavy atom. The molecule has 0 heterocycles. The average molecular weight is 378 g/mol. The quantitative estimate of drug-likeness (QED) is 0.789. The van der Waals surface area contributed by atoms with Crippen LogP contribution in [0.15, 0.2) is 34.8 Å². The van der Waals surface area contributed by atoms with Crippen molar-refractivity contribution < 1.29 is 23.4 Å². The van der Waals surface area contributed by atoms with Gasteiger partial charge in [-0.15, -0.1) is 0 Å². The number of carboxylic acid groups (broad SMARTS) is 1. The molecule has 0 fully saturated rings. The predicted octanol–water partition coefficient (Wildman–Crippen LogP) is 4.66. The lowest BCUT2D eigenvalue weighted by Crippen LogP contribution is -2.03. The molecule has 0 aliphatic heterocycles. The molecular formula is C14H8BrClF2O3. The first-order valence-corrected chi connectivity index (χ1v) is 6.84. The molecule has 1 N–H and O–H groups in total. The van der Waals surface area contributed by atoms with E-state index < -0.39 is 23.2 Å². The molecule has 0 radical (unpaired) electrons. The van der Waals surface area contributed by atoms with Crippen molar-refractivity contribution >= 4 is 33.5 Å². The molecule has 0 aromatic heterocycles. The number of carbonyl (C=O) groups is 1. The molecule has 0 spiro atoms. The van der Waals surface area contributed by atoms with Crippen molar-refractivity contribution in [2.45, 2.75) is 6.61 Å². The van der Waals surface area contributed by atoms with Gasteiger partial charge in [-0.05, 0) is 39.7 Å². The molecule has 0 atom stereocenters. The minimum Gasteiger partial charge on any atom is -0.488 e. The van der Waals surface area contributed by atoms with Gasteiger partial charge in [0, 0.05) is 6.07 Å². The lowest BCUT2D eigenvalue weighted by Gasteiger charge is -2.09. The molecule has 0 bridgehead atoms. The van der Waals surface area contributed by atoms with Crippen molar-refractivity contribution in [3.63, 3.8) is 0 Å². The number of hydrogen-bond donors (Lipinski definition) is 1. The van der Waals surface area contributed by atoms with Gasteiger partial charge in [-0.1, -0.05) is 17.7 Å². The summed E-state index contributed by atoms with van der Waals surface area (Å²) in [5.74, 6) is -2.63. The number of ether oxygens (including phenoxy) is 1. The molecule has 0 aliphatic rings. The summed E-state index contributed by atoms with van der Waals surface area (Å²) in [7, 11) is 0. The van der Waals surface area contributed by atoms with Crippen LogP contribution in [0.5, 0.6) is 5.75 Å². The van der Waals surface area contributed by atoms with E-state index in [0.717, 1.165) is 18.2 Å². The van der Waals surface area contributed by atoms with E-state index in [2.05, 4.69) is 15.9 Å². The van der Waals surface area contributed by atoms with E-state index in [4.69, 9.17) is 21.4 Å². The zero-order chi connectivity index (χ0) is 15.6. The van der Waals surface area contributed by atoms with Crippen LogP contribution in [0.2, 0.25) is 5.02 Å². The topological polar surface area (TPSA) is 46.5 Å². The summed E-state index contributed by atoms with van der Waals surface area (Å²) in [6.07, 6.45) is 0. The van der Waals surface area contributed by atoms with Gasteiger partial charge in [0.2, 0.25) is 0 Å². The summed E-state index contributed by atoms with van der Waals surface area (Å²) < 4.78 is 32.6. The van der Waals surface area contributed by atoms with Crippen LogP contribution in [-0.4, -0.2) is 11.1 Å². The molecular weight excluding hydrogens is 370 g/mol. The second-order valence-corrected chi connectivity index (χ2v) is 5.37. The van der Waals surface area contributed by atoms with Gasteiger partial charge in [0.05, 0.1) is 15.1 Å². The van der Waals surface area contributed by atoms with E-state index >= 15 is 0 Å². The van der Waals surface area contributed by atoms with Gasteiger partial charge in [0.1, 0.15) is 24.0 Å². The molecule has 21 heavy (non-hydrogen) atoms. The second kappa shape index (κ2) is 6.41. The standard InChI is InChI=1S/C14H8BrClF2O3/c15-9-4-10(16)12(18)5-13(9)21-6-7-1-2-8(14(19)20)11(17)3-7/h1-5H,6H2,(H,19,20). The maximum Gasteiger partial charge on any atom is 0.338 e. The number of benzene rings is 2. The fraction of sp³-hybridized carbons (Fsp3) is 0.0714. The Balaban J connectivity index is 2.15. The number of hydrogen-bond acceptors (Lipinski definition) is 2. The Morgan fingerprint density at radius 2 is 1.95 bits per heavy atom. The number of aromatic carboxylic acids is 1. The lowest BCUT2D eigenvalue weighted by atomic mass is 10.1. The minimum atomic E-state index is -1.34. The summed E-state index contributed by atoms with van der Waals surface area (Å²) >= 11 is 8.78. The number of halogens is 4. The Kier molecular flexibility index (Phi) is 4.80. The maximum atomic E-state index is 13.5. The Morgan fingerprint density at radius 1 is 1.24 bits per heavy atom. The minimum absolute atomic E-state index is 0.0451. The van der Waals surface area contributed by atoms with Crippen LogP contribution in [0.25, 0.3) is 0 Å². The maximum absolute atomic E-state index is 13.5. The molecule has 7 heteroatoms. The van der Waals surface area contributed by atoms with E-state index in [1.807, 2.05) is 0 Å². The van der Waals surface area contributed by atoms with Gasteiger partial charge in [-0.25, -0.2) is 13.6 Å². The zero-order valence-corrected chi connectivity index (χ0v) is 12.7.